The van der Waals surface area contributed by atoms with Crippen LogP contribution in [-0.2, 0) is 11.2 Å². The fraction of sp³-hybridized carbons (Fsp3) is 0.350. The Kier molecular flexibility index (Phi) is 5.97. The molecule has 2 aromatic carbocycles. The van der Waals surface area contributed by atoms with E-state index in [0.717, 1.165) is 28.6 Å². The summed E-state index contributed by atoms with van der Waals surface area (Å²) in [6.07, 6.45) is 5.13. The molecule has 0 heterocycles. The predicted octanol–water partition coefficient (Wildman–Crippen LogP) is 4.96. The summed E-state index contributed by atoms with van der Waals surface area (Å²) in [6.45, 7) is 0. The first-order valence-electron chi connectivity index (χ1n) is 8.53. The Hall–Kier alpha value is -2.01. The molecule has 3 rings (SSSR count). The molecular formula is C20H22BrNO3. The van der Waals surface area contributed by atoms with E-state index < -0.39 is 0 Å². The Bertz CT molecular complexity index is 724. The molecule has 4 nitrogen and oxygen atoms in total. The van der Waals surface area contributed by atoms with Crippen molar-refractivity contribution in [1.82, 2.24) is 0 Å². The molecule has 2 aromatic rings. The van der Waals surface area contributed by atoms with E-state index in [4.69, 9.17) is 9.47 Å². The highest BCUT2D eigenvalue weighted by Gasteiger charge is 2.19. The Morgan fingerprint density at radius 2 is 1.84 bits per heavy atom. The zero-order valence-electron chi connectivity index (χ0n) is 14.3. The molecule has 1 aliphatic rings. The summed E-state index contributed by atoms with van der Waals surface area (Å²) in [7, 11) is 1.63. The normalized spacial score (nSPS) is 14.3. The topological polar surface area (TPSA) is 47.6 Å². The smallest absolute Gasteiger partial charge is 0.228 e. The number of hydrogen-bond acceptors (Lipinski definition) is 3. The number of nitrogens with one attached hydrogen (secondary N) is 1. The van der Waals surface area contributed by atoms with Crippen molar-refractivity contribution in [2.45, 2.75) is 38.2 Å². The van der Waals surface area contributed by atoms with Gasteiger partial charge in [0.1, 0.15) is 0 Å². The molecular weight excluding hydrogens is 382 g/mol. The summed E-state index contributed by atoms with van der Waals surface area (Å²) in [4.78, 5) is 12.3. The van der Waals surface area contributed by atoms with Gasteiger partial charge in [-0.2, -0.15) is 0 Å². The van der Waals surface area contributed by atoms with Gasteiger partial charge in [-0.05, 0) is 55.5 Å². The lowest BCUT2D eigenvalue weighted by Gasteiger charge is -2.17. The number of anilines is 1. The quantitative estimate of drug-likeness (QED) is 0.741. The first kappa shape index (κ1) is 17.8. The fourth-order valence-corrected chi connectivity index (χ4v) is 3.29. The van der Waals surface area contributed by atoms with Crippen LogP contribution in [0.4, 0.5) is 5.69 Å². The van der Waals surface area contributed by atoms with Crippen molar-refractivity contribution in [1.29, 1.82) is 0 Å². The van der Waals surface area contributed by atoms with Crippen LogP contribution in [0.15, 0.2) is 46.9 Å². The summed E-state index contributed by atoms with van der Waals surface area (Å²) in [6, 6.07) is 13.3. The number of rotatable bonds is 6. The molecule has 25 heavy (non-hydrogen) atoms. The summed E-state index contributed by atoms with van der Waals surface area (Å²) < 4.78 is 12.5. The fourth-order valence-electron chi connectivity index (χ4n) is 3.03. The minimum absolute atomic E-state index is 0.0562. The Morgan fingerprint density at radius 3 is 2.52 bits per heavy atom. The zero-order chi connectivity index (χ0) is 17.6. The molecule has 0 spiro atoms. The molecule has 1 saturated carbocycles. The Balaban J connectivity index is 1.66. The van der Waals surface area contributed by atoms with Crippen molar-refractivity contribution in [2.24, 2.45) is 0 Å². The molecule has 0 bridgehead atoms. The van der Waals surface area contributed by atoms with Crippen LogP contribution in [0.2, 0.25) is 0 Å². The van der Waals surface area contributed by atoms with Crippen molar-refractivity contribution in [3.63, 3.8) is 0 Å². The second kappa shape index (κ2) is 8.39. The lowest BCUT2D eigenvalue weighted by molar-refractivity contribution is -0.115. The van der Waals surface area contributed by atoms with Crippen molar-refractivity contribution in [2.75, 3.05) is 12.4 Å². The lowest BCUT2D eigenvalue weighted by atomic mass is 10.1. The van der Waals surface area contributed by atoms with Crippen molar-refractivity contribution in [3.8, 4) is 11.5 Å². The van der Waals surface area contributed by atoms with E-state index in [1.807, 2.05) is 42.5 Å². The minimum Gasteiger partial charge on any atom is -0.493 e. The lowest BCUT2D eigenvalue weighted by Crippen LogP contribution is -2.15. The maximum absolute atomic E-state index is 12.3. The van der Waals surface area contributed by atoms with Crippen LogP contribution in [-0.4, -0.2) is 19.1 Å². The second-order valence-corrected chi connectivity index (χ2v) is 7.16. The highest BCUT2D eigenvalue weighted by molar-refractivity contribution is 9.10. The van der Waals surface area contributed by atoms with E-state index in [2.05, 4.69) is 21.2 Å². The number of carbonyl (C=O) groups is 1. The average Bonchev–Trinajstić information content (AvgIpc) is 3.10. The highest BCUT2D eigenvalue weighted by atomic mass is 79.9. The first-order valence-corrected chi connectivity index (χ1v) is 9.32. The van der Waals surface area contributed by atoms with E-state index in [1.165, 1.54) is 12.8 Å². The summed E-state index contributed by atoms with van der Waals surface area (Å²) in [5.74, 6) is 1.33. The zero-order valence-corrected chi connectivity index (χ0v) is 15.8. The van der Waals surface area contributed by atoms with Gasteiger partial charge in [-0.25, -0.2) is 0 Å². The van der Waals surface area contributed by atoms with Crippen LogP contribution in [0, 0.1) is 0 Å². The van der Waals surface area contributed by atoms with Crippen molar-refractivity contribution < 1.29 is 14.3 Å². The van der Waals surface area contributed by atoms with Crippen LogP contribution in [0.3, 0.4) is 0 Å². The first-order chi connectivity index (χ1) is 12.1. The average molecular weight is 404 g/mol. The number of ether oxygens (including phenoxy) is 2. The van der Waals surface area contributed by atoms with E-state index in [0.29, 0.717) is 17.9 Å². The summed E-state index contributed by atoms with van der Waals surface area (Å²) in [5.41, 5.74) is 1.69. The van der Waals surface area contributed by atoms with Gasteiger partial charge in [0, 0.05) is 16.2 Å². The molecule has 132 valence electrons. The van der Waals surface area contributed by atoms with Gasteiger partial charge < -0.3 is 14.8 Å². The van der Waals surface area contributed by atoms with Gasteiger partial charge in [0.15, 0.2) is 11.5 Å². The third-order valence-electron chi connectivity index (χ3n) is 4.32. The monoisotopic (exact) mass is 403 g/mol. The van der Waals surface area contributed by atoms with Crippen LogP contribution < -0.4 is 14.8 Å². The number of amides is 1. The van der Waals surface area contributed by atoms with E-state index in [1.54, 1.807) is 7.11 Å². The molecule has 1 fully saturated rings. The Morgan fingerprint density at radius 1 is 1.12 bits per heavy atom. The number of benzene rings is 2. The van der Waals surface area contributed by atoms with Gasteiger partial charge in [-0.3, -0.25) is 4.79 Å². The van der Waals surface area contributed by atoms with Gasteiger partial charge >= 0.3 is 0 Å². The second-order valence-electron chi connectivity index (χ2n) is 6.24. The number of methoxy groups -OCH3 is 1. The molecule has 0 aliphatic heterocycles. The summed E-state index contributed by atoms with van der Waals surface area (Å²) >= 11 is 3.40. The standard InChI is InChI=1S/C20H22BrNO3/c1-24-18-11-10-16(13-19(18)25-17-4-2-3-5-17)22-20(23)12-14-6-8-15(21)9-7-14/h6-11,13,17H,2-5,12H2,1H3,(H,22,23). The van der Waals surface area contributed by atoms with Gasteiger partial charge in [0.2, 0.25) is 5.91 Å². The number of halogens is 1. The maximum Gasteiger partial charge on any atom is 0.228 e. The third-order valence-corrected chi connectivity index (χ3v) is 4.85. The number of hydrogen-bond donors (Lipinski definition) is 1. The molecule has 1 N–H and O–H groups in total. The maximum atomic E-state index is 12.3. The SMILES string of the molecule is COc1ccc(NC(=O)Cc2ccc(Br)cc2)cc1OC1CCCC1. The Labute approximate surface area is 156 Å². The molecule has 0 saturated heterocycles. The highest BCUT2D eigenvalue weighted by Crippen LogP contribution is 2.34. The molecule has 0 unspecified atom stereocenters. The molecule has 1 aliphatic carbocycles. The van der Waals surface area contributed by atoms with Crippen LogP contribution in [0.1, 0.15) is 31.2 Å². The molecule has 5 heteroatoms. The van der Waals surface area contributed by atoms with E-state index in [-0.39, 0.29) is 12.0 Å². The van der Waals surface area contributed by atoms with Crippen LogP contribution >= 0.6 is 15.9 Å². The number of carbonyl (C=O) groups excluding carboxylic acids is 1. The van der Waals surface area contributed by atoms with Crippen LogP contribution in [0.25, 0.3) is 0 Å². The van der Waals surface area contributed by atoms with E-state index >= 15 is 0 Å². The predicted molar refractivity (Wildman–Crippen MR) is 102 cm³/mol. The van der Waals surface area contributed by atoms with Crippen molar-refractivity contribution in [3.05, 3.63) is 52.5 Å². The molecule has 0 radical (unpaired) electrons. The molecule has 1 amide bonds. The van der Waals surface area contributed by atoms with Gasteiger partial charge in [0.25, 0.3) is 0 Å². The van der Waals surface area contributed by atoms with Crippen molar-refractivity contribution >= 4 is 27.5 Å². The largest absolute Gasteiger partial charge is 0.493 e. The third kappa shape index (κ3) is 4.98. The minimum atomic E-state index is -0.0562. The van der Waals surface area contributed by atoms with Crippen LogP contribution in [0.5, 0.6) is 11.5 Å². The molecule has 0 aromatic heterocycles. The molecule has 0 atom stereocenters. The van der Waals surface area contributed by atoms with E-state index in [9.17, 15) is 4.79 Å². The van der Waals surface area contributed by atoms with Gasteiger partial charge in [-0.15, -0.1) is 0 Å². The summed E-state index contributed by atoms with van der Waals surface area (Å²) in [5, 5.41) is 2.94. The van der Waals surface area contributed by atoms with Gasteiger partial charge in [0.05, 0.1) is 19.6 Å². The van der Waals surface area contributed by atoms with Gasteiger partial charge in [-0.1, -0.05) is 28.1 Å².